The first-order valence-corrected chi connectivity index (χ1v) is 9.82. The zero-order valence-corrected chi connectivity index (χ0v) is 18.7. The van der Waals surface area contributed by atoms with Crippen LogP contribution in [0, 0.1) is 5.82 Å². The van der Waals surface area contributed by atoms with E-state index >= 15 is 0 Å². The maximum atomic E-state index is 13.3. The predicted octanol–water partition coefficient (Wildman–Crippen LogP) is 2.58. The molecule has 0 aliphatic rings. The zero-order valence-electron chi connectivity index (χ0n) is 18.7. The lowest BCUT2D eigenvalue weighted by atomic mass is 10.1. The standard InChI is InChI=1S/C21H34FN3O5/c1-21(2,3)30-20(27)25(14-16-7-9-17(22)10-8-16)15-18(11-12-24(4)29-6)23-13-19(26)28-5/h7-10,18,23H,11-15H2,1-6H3. The van der Waals surface area contributed by atoms with E-state index in [9.17, 15) is 14.0 Å². The van der Waals surface area contributed by atoms with Gasteiger partial charge in [-0.1, -0.05) is 12.1 Å². The summed E-state index contributed by atoms with van der Waals surface area (Å²) in [6.07, 6.45) is 0.112. The van der Waals surface area contributed by atoms with Crippen molar-refractivity contribution < 1.29 is 28.3 Å². The normalized spacial score (nSPS) is 12.5. The van der Waals surface area contributed by atoms with Gasteiger partial charge >= 0.3 is 12.1 Å². The van der Waals surface area contributed by atoms with Gasteiger partial charge in [0.25, 0.3) is 0 Å². The van der Waals surface area contributed by atoms with Crippen LogP contribution in [0.1, 0.15) is 32.8 Å². The number of hydrogen-bond acceptors (Lipinski definition) is 7. The molecule has 0 fully saturated rings. The molecule has 1 N–H and O–H groups in total. The molecule has 30 heavy (non-hydrogen) atoms. The SMILES string of the molecule is COC(=O)CNC(CCN(C)OC)CN(Cc1ccc(F)cc1)C(=O)OC(C)(C)C. The van der Waals surface area contributed by atoms with Gasteiger partial charge in [0.15, 0.2) is 0 Å². The first-order valence-electron chi connectivity index (χ1n) is 9.82. The second-order valence-corrected chi connectivity index (χ2v) is 7.96. The van der Waals surface area contributed by atoms with Crippen molar-refractivity contribution in [1.29, 1.82) is 0 Å². The molecule has 1 atom stereocenters. The van der Waals surface area contributed by atoms with Crippen molar-refractivity contribution in [2.45, 2.75) is 45.4 Å². The van der Waals surface area contributed by atoms with Gasteiger partial charge in [-0.25, -0.2) is 9.18 Å². The minimum absolute atomic E-state index is 0.0105. The van der Waals surface area contributed by atoms with E-state index in [0.29, 0.717) is 13.0 Å². The van der Waals surface area contributed by atoms with Crippen LogP contribution in [0.3, 0.4) is 0 Å². The summed E-state index contributed by atoms with van der Waals surface area (Å²) in [6.45, 7) is 6.49. The largest absolute Gasteiger partial charge is 0.468 e. The third-order valence-corrected chi connectivity index (χ3v) is 4.25. The van der Waals surface area contributed by atoms with Crippen molar-refractivity contribution in [3.63, 3.8) is 0 Å². The number of ether oxygens (including phenoxy) is 2. The molecule has 0 saturated carbocycles. The third kappa shape index (κ3) is 10.5. The molecule has 1 rings (SSSR count). The number of nitrogens with one attached hydrogen (secondary N) is 1. The van der Waals surface area contributed by atoms with Crippen molar-refractivity contribution in [3.8, 4) is 0 Å². The van der Waals surface area contributed by atoms with Crippen LogP contribution in [0.5, 0.6) is 0 Å². The van der Waals surface area contributed by atoms with Crippen molar-refractivity contribution in [2.24, 2.45) is 0 Å². The topological polar surface area (TPSA) is 80.3 Å². The van der Waals surface area contributed by atoms with E-state index in [0.717, 1.165) is 5.56 Å². The van der Waals surface area contributed by atoms with E-state index < -0.39 is 17.7 Å². The van der Waals surface area contributed by atoms with Gasteiger partial charge in [-0.05, 0) is 44.9 Å². The Morgan fingerprint density at radius 1 is 1.17 bits per heavy atom. The first kappa shape index (κ1) is 25.8. The number of carbonyl (C=O) groups excluding carboxylic acids is 2. The maximum absolute atomic E-state index is 13.3. The monoisotopic (exact) mass is 427 g/mol. The predicted molar refractivity (Wildman–Crippen MR) is 111 cm³/mol. The zero-order chi connectivity index (χ0) is 22.7. The molecule has 1 aromatic carbocycles. The van der Waals surface area contributed by atoms with E-state index in [1.807, 2.05) is 0 Å². The average Bonchev–Trinajstić information content (AvgIpc) is 2.68. The summed E-state index contributed by atoms with van der Waals surface area (Å²) in [5.41, 5.74) is 0.103. The highest BCUT2D eigenvalue weighted by molar-refractivity contribution is 5.71. The van der Waals surface area contributed by atoms with Crippen molar-refractivity contribution >= 4 is 12.1 Å². The summed E-state index contributed by atoms with van der Waals surface area (Å²) in [5.74, 6) is -0.745. The summed E-state index contributed by atoms with van der Waals surface area (Å²) in [4.78, 5) is 31.1. The number of carbonyl (C=O) groups is 2. The van der Waals surface area contributed by atoms with Crippen LogP contribution >= 0.6 is 0 Å². The molecule has 0 heterocycles. The minimum atomic E-state index is -0.663. The number of halogens is 1. The fourth-order valence-corrected chi connectivity index (χ4v) is 2.59. The number of methoxy groups -OCH3 is 1. The number of esters is 1. The van der Waals surface area contributed by atoms with Crippen LogP contribution in [-0.2, 0) is 25.7 Å². The highest BCUT2D eigenvalue weighted by Crippen LogP contribution is 2.14. The summed E-state index contributed by atoms with van der Waals surface area (Å²) in [5, 5.41) is 4.78. The lowest BCUT2D eigenvalue weighted by molar-refractivity contribution is -0.139. The Bertz CT molecular complexity index is 664. The smallest absolute Gasteiger partial charge is 0.410 e. The van der Waals surface area contributed by atoms with Gasteiger partial charge in [0, 0.05) is 32.7 Å². The highest BCUT2D eigenvalue weighted by Gasteiger charge is 2.25. The van der Waals surface area contributed by atoms with Crippen LogP contribution in [0.2, 0.25) is 0 Å². The lowest BCUT2D eigenvalue weighted by Gasteiger charge is -2.31. The Hall–Kier alpha value is -2.23. The van der Waals surface area contributed by atoms with Gasteiger partial charge in [-0.2, -0.15) is 5.06 Å². The van der Waals surface area contributed by atoms with Gasteiger partial charge in [0.05, 0.1) is 20.8 Å². The second-order valence-electron chi connectivity index (χ2n) is 7.96. The molecule has 1 aromatic rings. The fraction of sp³-hybridized carbons (Fsp3) is 0.619. The molecule has 0 radical (unpaired) electrons. The Labute approximate surface area is 178 Å². The maximum Gasteiger partial charge on any atom is 0.410 e. The van der Waals surface area contributed by atoms with Crippen LogP contribution in [0.15, 0.2) is 24.3 Å². The number of nitrogens with zero attached hydrogens (tertiary/aromatic N) is 2. The molecule has 0 spiro atoms. The highest BCUT2D eigenvalue weighted by atomic mass is 19.1. The molecule has 1 amide bonds. The van der Waals surface area contributed by atoms with Crippen LogP contribution < -0.4 is 5.32 Å². The molecule has 0 bridgehead atoms. The number of benzene rings is 1. The van der Waals surface area contributed by atoms with Crippen LogP contribution in [0.25, 0.3) is 0 Å². The van der Waals surface area contributed by atoms with E-state index in [4.69, 9.17) is 14.3 Å². The fourth-order valence-electron chi connectivity index (χ4n) is 2.59. The minimum Gasteiger partial charge on any atom is -0.468 e. The summed E-state index contributed by atoms with van der Waals surface area (Å²) < 4.78 is 23.5. The lowest BCUT2D eigenvalue weighted by Crippen LogP contribution is -2.47. The van der Waals surface area contributed by atoms with E-state index in [1.54, 1.807) is 57.0 Å². The number of hydrogen-bond donors (Lipinski definition) is 1. The molecule has 0 aromatic heterocycles. The molecular weight excluding hydrogens is 393 g/mol. The summed E-state index contributed by atoms with van der Waals surface area (Å²) in [6, 6.07) is 5.73. The molecule has 170 valence electrons. The van der Waals surface area contributed by atoms with Gasteiger partial charge in [-0.15, -0.1) is 0 Å². The first-order chi connectivity index (χ1) is 14.0. The number of hydroxylamine groups is 2. The quantitative estimate of drug-likeness (QED) is 0.429. The molecule has 9 heteroatoms. The third-order valence-electron chi connectivity index (χ3n) is 4.25. The summed E-state index contributed by atoms with van der Waals surface area (Å²) in [7, 11) is 4.68. The Morgan fingerprint density at radius 3 is 2.33 bits per heavy atom. The average molecular weight is 428 g/mol. The van der Waals surface area contributed by atoms with Gasteiger partial charge in [0.2, 0.25) is 0 Å². The van der Waals surface area contributed by atoms with Crippen molar-refractivity contribution in [1.82, 2.24) is 15.3 Å². The molecule has 0 aliphatic carbocycles. The second kappa shape index (κ2) is 12.5. The molecule has 8 nitrogen and oxygen atoms in total. The molecule has 0 aliphatic heterocycles. The number of amides is 1. The van der Waals surface area contributed by atoms with Crippen molar-refractivity contribution in [3.05, 3.63) is 35.6 Å². The molecular formula is C21H34FN3O5. The Morgan fingerprint density at radius 2 is 1.80 bits per heavy atom. The van der Waals surface area contributed by atoms with Crippen LogP contribution in [-0.4, -0.2) is 74.6 Å². The van der Waals surface area contributed by atoms with E-state index in [-0.39, 0.29) is 31.5 Å². The van der Waals surface area contributed by atoms with Crippen molar-refractivity contribution in [2.75, 3.05) is 40.9 Å². The molecule has 1 unspecified atom stereocenters. The van der Waals surface area contributed by atoms with Gasteiger partial charge in [-0.3, -0.25) is 4.79 Å². The van der Waals surface area contributed by atoms with Gasteiger partial charge in [0.1, 0.15) is 11.4 Å². The Kier molecular flexibility index (Phi) is 10.7. The summed E-state index contributed by atoms with van der Waals surface area (Å²) >= 11 is 0. The van der Waals surface area contributed by atoms with Crippen LogP contribution in [0.4, 0.5) is 9.18 Å². The van der Waals surface area contributed by atoms with E-state index in [1.165, 1.54) is 19.2 Å². The van der Waals surface area contributed by atoms with Gasteiger partial charge < -0.3 is 24.5 Å². The van der Waals surface area contributed by atoms with E-state index in [2.05, 4.69) is 5.32 Å². The molecule has 0 saturated heterocycles. The number of rotatable bonds is 11. The Balaban J connectivity index is 2.97.